The molecule has 176 valence electrons. The molecule has 1 aliphatic rings. The highest BCUT2D eigenvalue weighted by Gasteiger charge is 2.36. The Morgan fingerprint density at radius 3 is 2.47 bits per heavy atom. The summed E-state index contributed by atoms with van der Waals surface area (Å²) in [6.07, 6.45) is 2.83. The van der Waals surface area contributed by atoms with E-state index in [9.17, 15) is 18.0 Å². The van der Waals surface area contributed by atoms with Crippen LogP contribution in [0.15, 0.2) is 65.6 Å². The number of nitrogens with one attached hydrogen (secondary N) is 1. The monoisotopic (exact) mass is 487 g/mol. The molecule has 0 saturated heterocycles. The molecule has 0 bridgehead atoms. The highest BCUT2D eigenvalue weighted by molar-refractivity contribution is 6.33. The highest BCUT2D eigenvalue weighted by Crippen LogP contribution is 2.37. The van der Waals surface area contributed by atoms with Crippen LogP contribution in [0, 0.1) is 0 Å². The van der Waals surface area contributed by atoms with E-state index in [1.807, 2.05) is 18.2 Å². The number of hydrogen-bond acceptors (Lipinski definition) is 3. The van der Waals surface area contributed by atoms with Crippen LogP contribution in [0.3, 0.4) is 0 Å². The second kappa shape index (κ2) is 8.83. The zero-order chi connectivity index (χ0) is 23.9. The number of aromatic nitrogens is 2. The number of furan rings is 1. The molecule has 0 spiro atoms. The lowest BCUT2D eigenvalue weighted by atomic mass is 9.82. The second-order valence-corrected chi connectivity index (χ2v) is 8.89. The average Bonchev–Trinajstić information content (AvgIpc) is 3.48. The molecule has 0 radical (unpaired) electrons. The van der Waals surface area contributed by atoms with E-state index < -0.39 is 23.3 Å². The van der Waals surface area contributed by atoms with Gasteiger partial charge in [-0.05, 0) is 49.3 Å². The Labute approximate surface area is 198 Å². The molecule has 0 aliphatic heterocycles. The van der Waals surface area contributed by atoms with E-state index in [2.05, 4.69) is 22.4 Å². The maximum Gasteiger partial charge on any atom is 0.420 e. The van der Waals surface area contributed by atoms with Gasteiger partial charge in [0.15, 0.2) is 11.3 Å². The number of carbonyl (C=O) groups excluding carboxylic acids is 1. The number of halogens is 4. The molecule has 4 aromatic rings. The lowest BCUT2D eigenvalue weighted by Crippen LogP contribution is -2.37. The normalized spacial score (nSPS) is 18.8. The van der Waals surface area contributed by atoms with Crippen LogP contribution in [-0.4, -0.2) is 21.3 Å². The van der Waals surface area contributed by atoms with Crippen molar-refractivity contribution >= 4 is 23.2 Å². The van der Waals surface area contributed by atoms with Crippen LogP contribution in [0.2, 0.25) is 5.15 Å². The Balaban J connectivity index is 1.39. The van der Waals surface area contributed by atoms with Gasteiger partial charge in [0.25, 0.3) is 5.91 Å². The molecule has 1 aromatic carbocycles. The first-order valence-electron chi connectivity index (χ1n) is 11.0. The van der Waals surface area contributed by atoms with E-state index >= 15 is 0 Å². The number of amides is 1. The summed E-state index contributed by atoms with van der Waals surface area (Å²) in [6, 6.07) is 12.7. The maximum absolute atomic E-state index is 13.8. The zero-order valence-corrected chi connectivity index (χ0v) is 18.7. The average molecular weight is 488 g/mol. The Morgan fingerprint density at radius 1 is 1.09 bits per heavy atom. The van der Waals surface area contributed by atoms with E-state index in [1.165, 1.54) is 24.3 Å². The number of nitrogens with zero attached hydrogens (tertiary/aromatic N) is 2. The minimum Gasteiger partial charge on any atom is -0.472 e. The van der Waals surface area contributed by atoms with Gasteiger partial charge in [0.05, 0.1) is 18.1 Å². The van der Waals surface area contributed by atoms with Gasteiger partial charge in [-0.25, -0.2) is 4.98 Å². The number of hydrogen-bond donors (Lipinski definition) is 1. The van der Waals surface area contributed by atoms with Crippen LogP contribution in [-0.2, 0) is 6.18 Å². The second-order valence-electron chi connectivity index (χ2n) is 8.53. The van der Waals surface area contributed by atoms with Crippen molar-refractivity contribution < 1.29 is 22.4 Å². The molecule has 3 heterocycles. The molecule has 0 atom stereocenters. The van der Waals surface area contributed by atoms with Crippen molar-refractivity contribution in [3.05, 3.63) is 83.2 Å². The van der Waals surface area contributed by atoms with E-state index in [0.717, 1.165) is 36.2 Å². The minimum atomic E-state index is -4.68. The van der Waals surface area contributed by atoms with Crippen LogP contribution in [0.1, 0.15) is 53.2 Å². The molecule has 9 heteroatoms. The Hall–Kier alpha value is -3.26. The van der Waals surface area contributed by atoms with Crippen molar-refractivity contribution in [2.24, 2.45) is 0 Å². The van der Waals surface area contributed by atoms with Gasteiger partial charge < -0.3 is 9.73 Å². The highest BCUT2D eigenvalue weighted by atomic mass is 35.5. The van der Waals surface area contributed by atoms with Gasteiger partial charge in [-0.3, -0.25) is 9.20 Å². The fraction of sp³-hybridized carbons (Fsp3) is 0.280. The first-order chi connectivity index (χ1) is 16.3. The van der Waals surface area contributed by atoms with Crippen LogP contribution >= 0.6 is 11.6 Å². The third-order valence-corrected chi connectivity index (χ3v) is 6.73. The topological polar surface area (TPSA) is 59.5 Å². The molecule has 1 fully saturated rings. The molecule has 34 heavy (non-hydrogen) atoms. The predicted molar refractivity (Wildman–Crippen MR) is 122 cm³/mol. The SMILES string of the molecule is O=C(NC1CCC(c2ccccc2)CC1)c1nc2c(C(F)(F)F)cc(-c3ccoc3)cn2c1Cl. The summed E-state index contributed by atoms with van der Waals surface area (Å²) in [4.78, 5) is 17.0. The summed E-state index contributed by atoms with van der Waals surface area (Å²) >= 11 is 6.38. The molecule has 1 saturated carbocycles. The summed E-state index contributed by atoms with van der Waals surface area (Å²) in [5.41, 5.74) is 0.376. The van der Waals surface area contributed by atoms with Crippen LogP contribution in [0.5, 0.6) is 0 Å². The van der Waals surface area contributed by atoms with Gasteiger partial charge in [-0.2, -0.15) is 13.2 Å². The largest absolute Gasteiger partial charge is 0.472 e. The van der Waals surface area contributed by atoms with Crippen molar-refractivity contribution in [2.45, 2.75) is 43.8 Å². The molecule has 1 N–H and O–H groups in total. The fourth-order valence-electron chi connectivity index (χ4n) is 4.61. The minimum absolute atomic E-state index is 0.0862. The smallest absolute Gasteiger partial charge is 0.420 e. The zero-order valence-electron chi connectivity index (χ0n) is 18.0. The summed E-state index contributed by atoms with van der Waals surface area (Å²) in [6.45, 7) is 0. The number of alkyl halides is 3. The van der Waals surface area contributed by atoms with E-state index in [-0.39, 0.29) is 22.5 Å². The third kappa shape index (κ3) is 4.30. The van der Waals surface area contributed by atoms with Crippen LogP contribution < -0.4 is 5.32 Å². The third-order valence-electron chi connectivity index (χ3n) is 6.37. The fourth-order valence-corrected chi connectivity index (χ4v) is 4.86. The van der Waals surface area contributed by atoms with E-state index in [1.54, 1.807) is 6.07 Å². The Kier molecular flexibility index (Phi) is 5.85. The predicted octanol–water partition coefficient (Wildman–Crippen LogP) is 6.72. The van der Waals surface area contributed by atoms with Crippen molar-refractivity contribution in [3.63, 3.8) is 0 Å². The number of carbonyl (C=O) groups is 1. The number of imidazole rings is 1. The van der Waals surface area contributed by atoms with Gasteiger partial charge in [0.2, 0.25) is 0 Å². The van der Waals surface area contributed by atoms with Crippen LogP contribution in [0.25, 0.3) is 16.8 Å². The molecule has 3 aromatic heterocycles. The lowest BCUT2D eigenvalue weighted by Gasteiger charge is -2.29. The number of fused-ring (bicyclic) bond motifs is 1. The number of benzene rings is 1. The van der Waals surface area contributed by atoms with Gasteiger partial charge in [0.1, 0.15) is 5.15 Å². The lowest BCUT2D eigenvalue weighted by molar-refractivity contribution is -0.136. The summed E-state index contributed by atoms with van der Waals surface area (Å²) in [5.74, 6) is -0.140. The molecule has 5 nitrogen and oxygen atoms in total. The van der Waals surface area contributed by atoms with Gasteiger partial charge in [-0.1, -0.05) is 41.9 Å². The van der Waals surface area contributed by atoms with Crippen molar-refractivity contribution in [1.82, 2.24) is 14.7 Å². The van der Waals surface area contributed by atoms with Gasteiger partial charge in [0, 0.05) is 23.4 Å². The molecule has 1 aliphatic carbocycles. The maximum atomic E-state index is 13.8. The Morgan fingerprint density at radius 2 is 1.82 bits per heavy atom. The Bertz CT molecular complexity index is 1310. The van der Waals surface area contributed by atoms with Gasteiger partial charge in [-0.15, -0.1) is 0 Å². The first-order valence-corrected chi connectivity index (χ1v) is 11.4. The summed E-state index contributed by atoms with van der Waals surface area (Å²) in [7, 11) is 0. The molecular weight excluding hydrogens is 467 g/mol. The van der Waals surface area contributed by atoms with E-state index in [0.29, 0.717) is 11.5 Å². The quantitative estimate of drug-likeness (QED) is 0.347. The molecule has 1 amide bonds. The summed E-state index contributed by atoms with van der Waals surface area (Å²) in [5, 5.41) is 2.75. The first kappa shape index (κ1) is 22.5. The van der Waals surface area contributed by atoms with Crippen LogP contribution in [0.4, 0.5) is 13.2 Å². The van der Waals surface area contributed by atoms with Crippen molar-refractivity contribution in [3.8, 4) is 11.1 Å². The van der Waals surface area contributed by atoms with Crippen molar-refractivity contribution in [2.75, 3.05) is 0 Å². The van der Waals surface area contributed by atoms with E-state index in [4.69, 9.17) is 16.0 Å². The van der Waals surface area contributed by atoms with Gasteiger partial charge >= 0.3 is 6.18 Å². The number of rotatable bonds is 4. The molecule has 0 unspecified atom stereocenters. The molecule has 5 rings (SSSR count). The van der Waals surface area contributed by atoms with Crippen molar-refractivity contribution in [1.29, 1.82) is 0 Å². The summed E-state index contributed by atoms with van der Waals surface area (Å²) < 4.78 is 47.5. The standard InChI is InChI=1S/C25H21ClF3N3O2/c26-22-21(24(33)30-19-8-6-16(7-9-19)15-4-2-1-3-5-15)31-23-20(25(27,28)29)12-18(13-32(22)23)17-10-11-34-14-17/h1-5,10-14,16,19H,6-9H2,(H,30,33). The number of pyridine rings is 1. The molecular formula is C25H21ClF3N3O2.